The summed E-state index contributed by atoms with van der Waals surface area (Å²) in [6, 6.07) is 5.74. The van der Waals surface area contributed by atoms with Gasteiger partial charge in [0.2, 0.25) is 5.91 Å². The number of benzene rings is 1. The van der Waals surface area contributed by atoms with Gasteiger partial charge in [-0.05, 0) is 42.5 Å². The Kier molecular flexibility index (Phi) is 3.87. The first-order valence-corrected chi connectivity index (χ1v) is 6.31. The lowest BCUT2D eigenvalue weighted by molar-refractivity contribution is -0.122. The Bertz CT molecular complexity index is 445. The molecule has 0 radical (unpaired) electrons. The van der Waals surface area contributed by atoms with Crippen LogP contribution in [0.3, 0.4) is 0 Å². The fourth-order valence-electron chi connectivity index (χ4n) is 2.15. The van der Waals surface area contributed by atoms with Crippen LogP contribution in [0.5, 0.6) is 5.75 Å². The third-order valence-electron chi connectivity index (χ3n) is 3.39. The van der Waals surface area contributed by atoms with Crippen LogP contribution in [0.25, 0.3) is 0 Å². The van der Waals surface area contributed by atoms with Crippen LogP contribution in [0.1, 0.15) is 37.0 Å². The smallest absolute Gasteiger partial charge is 0.223 e. The van der Waals surface area contributed by atoms with Gasteiger partial charge < -0.3 is 15.6 Å². The van der Waals surface area contributed by atoms with Gasteiger partial charge in [0, 0.05) is 0 Å². The molecule has 0 fully saturated rings. The average molecular weight is 249 g/mol. The van der Waals surface area contributed by atoms with E-state index < -0.39 is 6.10 Å². The lowest BCUT2D eigenvalue weighted by atomic mass is 9.89. The summed E-state index contributed by atoms with van der Waals surface area (Å²) < 4.78 is 5.53. The van der Waals surface area contributed by atoms with Crippen molar-refractivity contribution in [3.05, 3.63) is 29.3 Å². The normalized spacial score (nSPS) is 20.0. The summed E-state index contributed by atoms with van der Waals surface area (Å²) in [7, 11) is 0. The van der Waals surface area contributed by atoms with E-state index in [1.165, 1.54) is 5.56 Å². The zero-order valence-electron chi connectivity index (χ0n) is 10.6. The van der Waals surface area contributed by atoms with Crippen LogP contribution in [-0.4, -0.2) is 17.6 Å². The minimum Gasteiger partial charge on any atom is -0.493 e. The number of carbonyl (C=O) groups is 1. The molecular formula is C14H19NO3. The molecule has 1 aliphatic rings. The first-order valence-electron chi connectivity index (χ1n) is 6.31. The highest BCUT2D eigenvalue weighted by molar-refractivity contribution is 5.76. The third-order valence-corrected chi connectivity index (χ3v) is 3.39. The Hall–Kier alpha value is -1.55. The molecule has 0 saturated carbocycles. The topological polar surface area (TPSA) is 72.6 Å². The summed E-state index contributed by atoms with van der Waals surface area (Å²) in [6.45, 7) is 2.00. The predicted molar refractivity (Wildman–Crippen MR) is 68.2 cm³/mol. The fraction of sp³-hybridized carbons (Fsp3) is 0.500. The second kappa shape index (κ2) is 5.40. The number of hydrogen-bond acceptors (Lipinski definition) is 3. The maximum Gasteiger partial charge on any atom is 0.223 e. The summed E-state index contributed by atoms with van der Waals surface area (Å²) in [5, 5.41) is 9.92. The van der Waals surface area contributed by atoms with Gasteiger partial charge in [-0.2, -0.15) is 0 Å². The molecule has 2 atom stereocenters. The van der Waals surface area contributed by atoms with Crippen LogP contribution < -0.4 is 10.5 Å². The monoisotopic (exact) mass is 249 g/mol. The molecule has 1 aromatic carbocycles. The SMILES string of the molecule is CC(COc1ccc2c(c1)[C@@H](O)CCC2)C(N)=O. The van der Waals surface area contributed by atoms with Gasteiger partial charge in [0.1, 0.15) is 5.75 Å². The van der Waals surface area contributed by atoms with Crippen LogP contribution in [0.15, 0.2) is 18.2 Å². The van der Waals surface area contributed by atoms with Crippen LogP contribution in [-0.2, 0) is 11.2 Å². The van der Waals surface area contributed by atoms with Crippen molar-refractivity contribution >= 4 is 5.91 Å². The number of aryl methyl sites for hydroxylation is 1. The van der Waals surface area contributed by atoms with Crippen molar-refractivity contribution in [3.63, 3.8) is 0 Å². The first kappa shape index (κ1) is 12.9. The zero-order valence-corrected chi connectivity index (χ0v) is 10.6. The van der Waals surface area contributed by atoms with E-state index in [-0.39, 0.29) is 18.4 Å². The molecule has 4 heteroatoms. The lowest BCUT2D eigenvalue weighted by Crippen LogP contribution is -2.25. The fourth-order valence-corrected chi connectivity index (χ4v) is 2.15. The second-order valence-corrected chi connectivity index (χ2v) is 4.88. The van der Waals surface area contributed by atoms with Crippen LogP contribution >= 0.6 is 0 Å². The molecule has 3 N–H and O–H groups in total. The molecule has 0 heterocycles. The highest BCUT2D eigenvalue weighted by Gasteiger charge is 2.18. The molecule has 1 aromatic rings. The maximum atomic E-state index is 10.9. The Morgan fingerprint density at radius 2 is 2.39 bits per heavy atom. The molecule has 18 heavy (non-hydrogen) atoms. The van der Waals surface area contributed by atoms with Crippen molar-refractivity contribution in [2.45, 2.75) is 32.3 Å². The molecule has 0 saturated heterocycles. The molecule has 1 unspecified atom stereocenters. The van der Waals surface area contributed by atoms with Crippen molar-refractivity contribution < 1.29 is 14.6 Å². The Labute approximate surface area is 107 Å². The highest BCUT2D eigenvalue weighted by Crippen LogP contribution is 2.32. The van der Waals surface area contributed by atoms with Crippen LogP contribution in [0.2, 0.25) is 0 Å². The number of hydrogen-bond donors (Lipinski definition) is 2. The van der Waals surface area contributed by atoms with E-state index in [4.69, 9.17) is 10.5 Å². The molecule has 0 aromatic heterocycles. The number of fused-ring (bicyclic) bond motifs is 1. The number of amides is 1. The van der Waals surface area contributed by atoms with E-state index in [2.05, 4.69) is 0 Å². The summed E-state index contributed by atoms with van der Waals surface area (Å²) >= 11 is 0. The molecule has 0 spiro atoms. The summed E-state index contributed by atoms with van der Waals surface area (Å²) in [5.74, 6) is 0.00162. The van der Waals surface area contributed by atoms with Crippen LogP contribution in [0, 0.1) is 5.92 Å². The van der Waals surface area contributed by atoms with Gasteiger partial charge in [-0.3, -0.25) is 4.79 Å². The number of nitrogens with two attached hydrogens (primary N) is 1. The molecule has 2 rings (SSSR count). The van der Waals surface area contributed by atoms with Gasteiger partial charge in [-0.25, -0.2) is 0 Å². The zero-order chi connectivity index (χ0) is 13.1. The number of rotatable bonds is 4. The number of ether oxygens (including phenoxy) is 1. The molecule has 0 bridgehead atoms. The van der Waals surface area contributed by atoms with Gasteiger partial charge >= 0.3 is 0 Å². The Morgan fingerprint density at radius 1 is 1.61 bits per heavy atom. The number of aliphatic hydroxyl groups is 1. The van der Waals surface area contributed by atoms with E-state index in [1.54, 1.807) is 6.92 Å². The van der Waals surface area contributed by atoms with Gasteiger partial charge in [0.15, 0.2) is 0 Å². The van der Waals surface area contributed by atoms with Crippen molar-refractivity contribution in [2.24, 2.45) is 11.7 Å². The predicted octanol–water partition coefficient (Wildman–Crippen LogP) is 1.56. The second-order valence-electron chi connectivity index (χ2n) is 4.88. The average Bonchev–Trinajstić information content (AvgIpc) is 2.36. The van der Waals surface area contributed by atoms with E-state index in [9.17, 15) is 9.90 Å². The van der Waals surface area contributed by atoms with Crippen molar-refractivity contribution in [1.82, 2.24) is 0 Å². The molecular weight excluding hydrogens is 230 g/mol. The Morgan fingerprint density at radius 3 is 3.11 bits per heavy atom. The van der Waals surface area contributed by atoms with Gasteiger partial charge in [-0.15, -0.1) is 0 Å². The van der Waals surface area contributed by atoms with Crippen molar-refractivity contribution in [3.8, 4) is 5.75 Å². The standard InChI is InChI=1S/C14H19NO3/c1-9(14(15)17)8-18-11-6-5-10-3-2-4-13(16)12(10)7-11/h5-7,9,13,16H,2-4,8H2,1H3,(H2,15,17)/t9?,13-/m0/s1. The molecule has 1 amide bonds. The van der Waals surface area contributed by atoms with Gasteiger partial charge in [0.05, 0.1) is 18.6 Å². The first-order chi connectivity index (χ1) is 8.58. The molecule has 98 valence electrons. The molecule has 4 nitrogen and oxygen atoms in total. The quantitative estimate of drug-likeness (QED) is 0.850. The number of carbonyl (C=O) groups excluding carboxylic acids is 1. The summed E-state index contributed by atoms with van der Waals surface area (Å²) in [4.78, 5) is 10.9. The lowest BCUT2D eigenvalue weighted by Gasteiger charge is -2.22. The summed E-state index contributed by atoms with van der Waals surface area (Å²) in [6.07, 6.45) is 2.43. The molecule has 0 aliphatic heterocycles. The minimum atomic E-state index is -0.397. The highest BCUT2D eigenvalue weighted by atomic mass is 16.5. The third kappa shape index (κ3) is 2.82. The van der Waals surface area contributed by atoms with Gasteiger partial charge in [0.25, 0.3) is 0 Å². The molecule has 1 aliphatic carbocycles. The van der Waals surface area contributed by atoms with E-state index >= 15 is 0 Å². The van der Waals surface area contributed by atoms with Crippen molar-refractivity contribution in [1.29, 1.82) is 0 Å². The minimum absolute atomic E-state index is 0.268. The largest absolute Gasteiger partial charge is 0.493 e. The number of aliphatic hydroxyl groups excluding tert-OH is 1. The van der Waals surface area contributed by atoms with Crippen molar-refractivity contribution in [2.75, 3.05) is 6.61 Å². The maximum absolute atomic E-state index is 10.9. The van der Waals surface area contributed by atoms with E-state index in [1.807, 2.05) is 18.2 Å². The van der Waals surface area contributed by atoms with E-state index in [0.717, 1.165) is 24.8 Å². The van der Waals surface area contributed by atoms with Gasteiger partial charge in [-0.1, -0.05) is 13.0 Å². The van der Waals surface area contributed by atoms with Crippen LogP contribution in [0.4, 0.5) is 0 Å². The van der Waals surface area contributed by atoms with E-state index in [0.29, 0.717) is 5.75 Å². The summed E-state index contributed by atoms with van der Waals surface area (Å²) in [5.41, 5.74) is 7.31. The number of primary amides is 1. The Balaban J connectivity index is 2.06.